The van der Waals surface area contributed by atoms with Gasteiger partial charge >= 0.3 is 0 Å². The second-order valence-corrected chi connectivity index (χ2v) is 3.59. The maximum Gasteiger partial charge on any atom is 0.167 e. The van der Waals surface area contributed by atoms with E-state index in [1.165, 1.54) is 0 Å². The lowest BCUT2D eigenvalue weighted by Crippen LogP contribution is -2.45. The zero-order valence-corrected chi connectivity index (χ0v) is 7.67. The van der Waals surface area contributed by atoms with Gasteiger partial charge < -0.3 is 9.80 Å². The fourth-order valence-corrected chi connectivity index (χ4v) is 1.35. The molecule has 1 aliphatic rings. The van der Waals surface area contributed by atoms with Crippen molar-refractivity contribution in [3.8, 4) is 0 Å². The van der Waals surface area contributed by atoms with E-state index < -0.39 is 0 Å². The monoisotopic (exact) mass is 175 g/mol. The van der Waals surface area contributed by atoms with Gasteiger partial charge in [-0.1, -0.05) is 0 Å². The molecule has 1 heterocycles. The van der Waals surface area contributed by atoms with E-state index in [0.717, 1.165) is 26.2 Å². The molecule has 0 aromatic carbocycles. The minimum absolute atomic E-state index is 0.619. The summed E-state index contributed by atoms with van der Waals surface area (Å²) < 4.78 is 0.619. The van der Waals surface area contributed by atoms with Gasteiger partial charge in [-0.25, -0.2) is 0 Å². The highest BCUT2D eigenvalue weighted by atomic mass is 32.1. The van der Waals surface area contributed by atoms with Crippen molar-refractivity contribution in [2.75, 3.05) is 33.2 Å². The molecule has 4 heteroatoms. The molecule has 0 N–H and O–H groups in total. The molecule has 1 rings (SSSR count). The summed E-state index contributed by atoms with van der Waals surface area (Å²) in [4.78, 5) is 4.36. The fourth-order valence-electron chi connectivity index (χ4n) is 0.989. The van der Waals surface area contributed by atoms with Crippen molar-refractivity contribution < 1.29 is 0 Å². The van der Waals surface area contributed by atoms with Crippen molar-refractivity contribution in [3.05, 3.63) is 0 Å². The number of piperazine rings is 1. The summed E-state index contributed by atoms with van der Waals surface area (Å²) in [7, 11) is 2.11. The lowest BCUT2D eigenvalue weighted by molar-refractivity contribution is 0.220. The number of nitrogens with zero attached hydrogens (tertiary/aromatic N) is 2. The van der Waals surface area contributed by atoms with E-state index in [4.69, 9.17) is 24.8 Å². The van der Waals surface area contributed by atoms with Crippen LogP contribution in [0.3, 0.4) is 0 Å². The van der Waals surface area contributed by atoms with Gasteiger partial charge in [-0.05, 0) is 31.9 Å². The Hall–Kier alpha value is 0.0700. The quantitative estimate of drug-likeness (QED) is 0.501. The van der Waals surface area contributed by atoms with Gasteiger partial charge in [0.25, 0.3) is 0 Å². The molecule has 0 spiro atoms. The lowest BCUT2D eigenvalue weighted by Gasteiger charge is -2.32. The smallest absolute Gasteiger partial charge is 0.167 e. The van der Waals surface area contributed by atoms with Crippen molar-refractivity contribution in [1.29, 1.82) is 0 Å². The first-order valence-electron chi connectivity index (χ1n) is 3.34. The molecule has 1 saturated heterocycles. The van der Waals surface area contributed by atoms with E-state index in [-0.39, 0.29) is 0 Å². The van der Waals surface area contributed by atoms with Crippen LogP contribution in [0.15, 0.2) is 0 Å². The highest BCUT2D eigenvalue weighted by molar-refractivity contribution is 8.10. The van der Waals surface area contributed by atoms with Crippen LogP contribution >= 0.6 is 24.8 Å². The van der Waals surface area contributed by atoms with Crippen LogP contribution in [-0.2, 0) is 0 Å². The summed E-state index contributed by atoms with van der Waals surface area (Å²) in [6.45, 7) is 4.16. The van der Waals surface area contributed by atoms with Crippen molar-refractivity contribution in [2.24, 2.45) is 0 Å². The lowest BCUT2D eigenvalue weighted by atomic mass is 10.4. The van der Waals surface area contributed by atoms with Gasteiger partial charge in [-0.3, -0.25) is 0 Å². The predicted molar refractivity (Wildman–Crippen MR) is 49.3 cm³/mol. The van der Waals surface area contributed by atoms with Crippen LogP contribution in [0.4, 0.5) is 0 Å². The molecule has 0 atom stereocenters. The minimum Gasteiger partial charge on any atom is -0.351 e. The molecule has 0 saturated carbocycles. The van der Waals surface area contributed by atoms with Crippen LogP contribution < -0.4 is 0 Å². The Morgan fingerprint density at radius 3 is 2.10 bits per heavy atom. The van der Waals surface area contributed by atoms with Crippen LogP contribution in [-0.4, -0.2) is 47.3 Å². The van der Waals surface area contributed by atoms with Crippen LogP contribution in [0.5, 0.6) is 0 Å². The van der Waals surface area contributed by atoms with Crippen LogP contribution in [0.1, 0.15) is 0 Å². The van der Waals surface area contributed by atoms with Gasteiger partial charge in [-0.2, -0.15) is 0 Å². The molecule has 1 aliphatic heterocycles. The van der Waals surface area contributed by atoms with Gasteiger partial charge in [0, 0.05) is 26.2 Å². The third-order valence-electron chi connectivity index (χ3n) is 1.76. The van der Waals surface area contributed by atoms with Crippen molar-refractivity contribution in [2.45, 2.75) is 0 Å². The SMILES string of the molecule is CN1CCN(C([S])=S)CC1. The third-order valence-corrected chi connectivity index (χ3v) is 2.28. The molecule has 0 aromatic heterocycles. The standard InChI is InChI=1S/C6H11N2S2/c1-7-2-4-8(5-3-7)6(9)10/h2-5H2,1H3. The van der Waals surface area contributed by atoms with E-state index in [2.05, 4.69) is 16.8 Å². The maximum absolute atomic E-state index is 4.88. The third kappa shape index (κ3) is 2.04. The van der Waals surface area contributed by atoms with E-state index in [9.17, 15) is 0 Å². The van der Waals surface area contributed by atoms with E-state index in [1.807, 2.05) is 0 Å². The van der Waals surface area contributed by atoms with E-state index in [1.54, 1.807) is 0 Å². The molecule has 57 valence electrons. The average Bonchev–Trinajstić information content (AvgIpc) is 1.88. The van der Waals surface area contributed by atoms with Gasteiger partial charge in [-0.15, -0.1) is 0 Å². The Labute approximate surface area is 72.6 Å². The predicted octanol–water partition coefficient (Wildman–Crippen LogP) is 0.716. The highest BCUT2D eigenvalue weighted by Gasteiger charge is 2.13. The van der Waals surface area contributed by atoms with Gasteiger partial charge in [0.05, 0.1) is 0 Å². The zero-order chi connectivity index (χ0) is 7.56. The summed E-state index contributed by atoms with van der Waals surface area (Å²) in [6.07, 6.45) is 0. The molecule has 0 amide bonds. The van der Waals surface area contributed by atoms with Gasteiger partial charge in [0.1, 0.15) is 0 Å². The van der Waals surface area contributed by atoms with Crippen molar-refractivity contribution in [1.82, 2.24) is 9.80 Å². The average molecular weight is 175 g/mol. The molecule has 10 heavy (non-hydrogen) atoms. The Kier molecular flexibility index (Phi) is 2.82. The molecule has 0 aromatic rings. The maximum atomic E-state index is 4.88. The van der Waals surface area contributed by atoms with Gasteiger partial charge in [0.2, 0.25) is 0 Å². The molecular formula is C6H11N2S2. The first-order valence-corrected chi connectivity index (χ1v) is 4.16. The normalized spacial score (nSPS) is 21.1. The van der Waals surface area contributed by atoms with Crippen molar-refractivity contribution >= 4 is 29.2 Å². The number of likely N-dealkylation sites (N-methyl/N-ethyl adjacent to an activating group) is 1. The Balaban J connectivity index is 2.33. The fraction of sp³-hybridized carbons (Fsp3) is 0.833. The van der Waals surface area contributed by atoms with E-state index in [0.29, 0.717) is 4.32 Å². The molecular weight excluding hydrogens is 164 g/mol. The second kappa shape index (κ2) is 3.46. The first-order chi connectivity index (χ1) is 4.70. The topological polar surface area (TPSA) is 6.48 Å². The van der Waals surface area contributed by atoms with Crippen molar-refractivity contribution in [3.63, 3.8) is 0 Å². The molecule has 1 radical (unpaired) electrons. The summed E-state index contributed by atoms with van der Waals surface area (Å²) >= 11 is 9.75. The first kappa shape index (κ1) is 8.17. The molecule has 1 fully saturated rings. The number of rotatable bonds is 0. The molecule has 2 nitrogen and oxygen atoms in total. The van der Waals surface area contributed by atoms with E-state index >= 15 is 0 Å². The second-order valence-electron chi connectivity index (χ2n) is 2.56. The Morgan fingerprint density at radius 1 is 1.20 bits per heavy atom. The largest absolute Gasteiger partial charge is 0.351 e. The highest BCUT2D eigenvalue weighted by Crippen LogP contribution is 2.02. The summed E-state index contributed by atoms with van der Waals surface area (Å²) in [5, 5.41) is 0. The van der Waals surface area contributed by atoms with Crippen LogP contribution in [0, 0.1) is 0 Å². The minimum atomic E-state index is 0.619. The Morgan fingerprint density at radius 2 is 1.70 bits per heavy atom. The molecule has 0 bridgehead atoms. The number of hydrogen-bond donors (Lipinski definition) is 0. The Bertz CT molecular complexity index is 130. The summed E-state index contributed by atoms with van der Waals surface area (Å²) in [6, 6.07) is 0. The zero-order valence-electron chi connectivity index (χ0n) is 6.04. The van der Waals surface area contributed by atoms with Crippen LogP contribution in [0.25, 0.3) is 0 Å². The van der Waals surface area contributed by atoms with Crippen LogP contribution in [0.2, 0.25) is 0 Å². The number of thiocarbonyl (C=S) groups is 1. The summed E-state index contributed by atoms with van der Waals surface area (Å²) in [5.41, 5.74) is 0. The van der Waals surface area contributed by atoms with Gasteiger partial charge in [0.15, 0.2) is 4.32 Å². The number of hydrogen-bond acceptors (Lipinski definition) is 2. The molecule has 0 aliphatic carbocycles. The summed E-state index contributed by atoms with van der Waals surface area (Å²) in [5.74, 6) is 0. The molecule has 0 unspecified atom stereocenters.